The third-order valence-electron chi connectivity index (χ3n) is 4.23. The highest BCUT2D eigenvalue weighted by Gasteiger charge is 2.31. The molecule has 1 aromatic rings. The lowest BCUT2D eigenvalue weighted by molar-refractivity contribution is 0.219. The molecule has 1 aromatic heterocycles. The summed E-state index contributed by atoms with van der Waals surface area (Å²) in [5, 5.41) is 3.34. The molecule has 3 unspecified atom stereocenters. The first-order chi connectivity index (χ1) is 8.85. The molecule has 3 atom stereocenters. The van der Waals surface area contributed by atoms with Gasteiger partial charge in [-0.2, -0.15) is 0 Å². The van der Waals surface area contributed by atoms with Crippen molar-refractivity contribution in [2.45, 2.75) is 44.9 Å². The second-order valence-electron chi connectivity index (χ2n) is 5.52. The van der Waals surface area contributed by atoms with Gasteiger partial charge in [0.15, 0.2) is 0 Å². The molecule has 0 radical (unpaired) electrons. The minimum atomic E-state index is 0.594. The van der Waals surface area contributed by atoms with E-state index in [2.05, 4.69) is 22.2 Å². The van der Waals surface area contributed by atoms with E-state index in [1.807, 2.05) is 19.4 Å². The molecular weight excluding hydrogens is 222 g/mol. The fraction of sp³-hybridized carbons (Fsp3) is 0.733. The Morgan fingerprint density at radius 2 is 2.22 bits per heavy atom. The molecule has 0 spiro atoms. The molecular formula is C15H25N3. The molecule has 2 rings (SSSR count). The van der Waals surface area contributed by atoms with Gasteiger partial charge in [-0.1, -0.05) is 26.2 Å². The third kappa shape index (κ3) is 3.29. The number of aromatic nitrogens is 2. The normalized spacial score (nSPS) is 28.2. The average Bonchev–Trinajstić information content (AvgIpc) is 2.42. The van der Waals surface area contributed by atoms with Crippen molar-refractivity contribution in [3.63, 3.8) is 0 Å². The van der Waals surface area contributed by atoms with Gasteiger partial charge in [-0.15, -0.1) is 0 Å². The largest absolute Gasteiger partial charge is 0.319 e. The zero-order valence-corrected chi connectivity index (χ0v) is 11.6. The molecule has 0 aliphatic heterocycles. The van der Waals surface area contributed by atoms with Gasteiger partial charge in [0, 0.05) is 24.5 Å². The van der Waals surface area contributed by atoms with E-state index in [1.54, 1.807) is 6.20 Å². The molecule has 0 saturated heterocycles. The summed E-state index contributed by atoms with van der Waals surface area (Å²) >= 11 is 0. The number of nitrogens with one attached hydrogen (secondary N) is 1. The van der Waals surface area contributed by atoms with E-state index in [1.165, 1.54) is 37.8 Å². The molecule has 0 bridgehead atoms. The van der Waals surface area contributed by atoms with Crippen LogP contribution in [0.5, 0.6) is 0 Å². The Labute approximate surface area is 110 Å². The van der Waals surface area contributed by atoms with Crippen molar-refractivity contribution >= 4 is 0 Å². The van der Waals surface area contributed by atoms with Gasteiger partial charge in [-0.05, 0) is 38.3 Å². The lowest BCUT2D eigenvalue weighted by atomic mass is 9.71. The van der Waals surface area contributed by atoms with Gasteiger partial charge in [0.1, 0.15) is 0 Å². The van der Waals surface area contributed by atoms with Crippen molar-refractivity contribution < 1.29 is 0 Å². The fourth-order valence-corrected chi connectivity index (χ4v) is 3.36. The van der Waals surface area contributed by atoms with Crippen LogP contribution in [0, 0.1) is 11.8 Å². The van der Waals surface area contributed by atoms with Crippen molar-refractivity contribution in [2.75, 3.05) is 13.6 Å². The van der Waals surface area contributed by atoms with Crippen LogP contribution in [-0.2, 0) is 0 Å². The van der Waals surface area contributed by atoms with Gasteiger partial charge >= 0.3 is 0 Å². The Morgan fingerprint density at radius 3 is 2.89 bits per heavy atom. The minimum Gasteiger partial charge on any atom is -0.319 e. The second-order valence-corrected chi connectivity index (χ2v) is 5.52. The molecule has 100 valence electrons. The topological polar surface area (TPSA) is 37.8 Å². The Kier molecular flexibility index (Phi) is 5.12. The van der Waals surface area contributed by atoms with Crippen LogP contribution in [0.3, 0.4) is 0 Å². The predicted molar refractivity (Wildman–Crippen MR) is 74.4 cm³/mol. The van der Waals surface area contributed by atoms with E-state index < -0.39 is 0 Å². The summed E-state index contributed by atoms with van der Waals surface area (Å²) in [4.78, 5) is 8.78. The SMILES string of the molecule is CCCC1CCC(CNC)C(c2cnccn2)C1. The second kappa shape index (κ2) is 6.83. The van der Waals surface area contributed by atoms with E-state index in [9.17, 15) is 0 Å². The zero-order valence-electron chi connectivity index (χ0n) is 11.6. The van der Waals surface area contributed by atoms with Crippen molar-refractivity contribution in [1.29, 1.82) is 0 Å². The van der Waals surface area contributed by atoms with Gasteiger partial charge < -0.3 is 5.32 Å². The molecule has 18 heavy (non-hydrogen) atoms. The first-order valence-corrected chi connectivity index (χ1v) is 7.25. The lowest BCUT2D eigenvalue weighted by Crippen LogP contribution is -2.31. The van der Waals surface area contributed by atoms with Gasteiger partial charge in [0.2, 0.25) is 0 Å². The molecule has 0 amide bonds. The van der Waals surface area contributed by atoms with Crippen LogP contribution in [0.4, 0.5) is 0 Å². The molecule has 1 saturated carbocycles. The van der Waals surface area contributed by atoms with Crippen molar-refractivity contribution in [3.05, 3.63) is 24.3 Å². The van der Waals surface area contributed by atoms with Crippen LogP contribution in [-0.4, -0.2) is 23.6 Å². The molecule has 1 aliphatic carbocycles. The summed E-state index contributed by atoms with van der Waals surface area (Å²) in [6.07, 6.45) is 12.2. The Balaban J connectivity index is 2.09. The maximum atomic E-state index is 4.54. The fourth-order valence-electron chi connectivity index (χ4n) is 3.36. The maximum Gasteiger partial charge on any atom is 0.0620 e. The minimum absolute atomic E-state index is 0.594. The number of nitrogens with zero attached hydrogens (tertiary/aromatic N) is 2. The molecule has 3 heteroatoms. The summed E-state index contributed by atoms with van der Waals surface area (Å²) in [5.74, 6) is 2.20. The highest BCUT2D eigenvalue weighted by Crippen LogP contribution is 2.40. The van der Waals surface area contributed by atoms with E-state index >= 15 is 0 Å². The number of rotatable bonds is 5. The van der Waals surface area contributed by atoms with Gasteiger partial charge in [0.05, 0.1) is 5.69 Å². The summed E-state index contributed by atoms with van der Waals surface area (Å²) in [7, 11) is 2.05. The first-order valence-electron chi connectivity index (χ1n) is 7.25. The number of hydrogen-bond acceptors (Lipinski definition) is 3. The van der Waals surface area contributed by atoms with E-state index in [-0.39, 0.29) is 0 Å². The van der Waals surface area contributed by atoms with Crippen molar-refractivity contribution in [1.82, 2.24) is 15.3 Å². The quantitative estimate of drug-likeness (QED) is 0.869. The molecule has 1 aliphatic rings. The van der Waals surface area contributed by atoms with Crippen molar-refractivity contribution in [2.24, 2.45) is 11.8 Å². The Morgan fingerprint density at radius 1 is 1.33 bits per heavy atom. The smallest absolute Gasteiger partial charge is 0.0620 e. The van der Waals surface area contributed by atoms with Gasteiger partial charge in [-0.3, -0.25) is 9.97 Å². The van der Waals surface area contributed by atoms with Crippen LogP contribution >= 0.6 is 0 Å². The van der Waals surface area contributed by atoms with Crippen LogP contribution in [0.1, 0.15) is 50.6 Å². The first kappa shape index (κ1) is 13.5. The Hall–Kier alpha value is -0.960. The summed E-state index contributed by atoms with van der Waals surface area (Å²) < 4.78 is 0. The average molecular weight is 247 g/mol. The zero-order chi connectivity index (χ0) is 12.8. The highest BCUT2D eigenvalue weighted by molar-refractivity contribution is 5.07. The van der Waals surface area contributed by atoms with E-state index in [0.717, 1.165) is 18.4 Å². The van der Waals surface area contributed by atoms with E-state index in [0.29, 0.717) is 5.92 Å². The van der Waals surface area contributed by atoms with E-state index in [4.69, 9.17) is 0 Å². The Bertz CT molecular complexity index is 339. The standard InChI is InChI=1S/C15H25N3/c1-3-4-12-5-6-13(10-16-2)14(9-12)15-11-17-7-8-18-15/h7-8,11-14,16H,3-6,9-10H2,1-2H3. The van der Waals surface area contributed by atoms with Crippen LogP contribution < -0.4 is 5.32 Å². The summed E-state index contributed by atoms with van der Waals surface area (Å²) in [5.41, 5.74) is 1.19. The monoisotopic (exact) mass is 247 g/mol. The van der Waals surface area contributed by atoms with Crippen molar-refractivity contribution in [3.8, 4) is 0 Å². The molecule has 1 N–H and O–H groups in total. The summed E-state index contributed by atoms with van der Waals surface area (Å²) in [6.45, 7) is 3.39. The lowest BCUT2D eigenvalue weighted by Gasteiger charge is -2.35. The van der Waals surface area contributed by atoms with Gasteiger partial charge in [-0.25, -0.2) is 0 Å². The summed E-state index contributed by atoms with van der Waals surface area (Å²) in [6, 6.07) is 0. The predicted octanol–water partition coefficient (Wildman–Crippen LogP) is 3.00. The maximum absolute atomic E-state index is 4.54. The van der Waals surface area contributed by atoms with Crippen LogP contribution in [0.2, 0.25) is 0 Å². The third-order valence-corrected chi connectivity index (χ3v) is 4.23. The van der Waals surface area contributed by atoms with Gasteiger partial charge in [0.25, 0.3) is 0 Å². The highest BCUT2D eigenvalue weighted by atomic mass is 14.8. The number of hydrogen-bond donors (Lipinski definition) is 1. The molecule has 0 aromatic carbocycles. The van der Waals surface area contributed by atoms with Crippen LogP contribution in [0.25, 0.3) is 0 Å². The van der Waals surface area contributed by atoms with Crippen LogP contribution in [0.15, 0.2) is 18.6 Å². The molecule has 1 heterocycles. The molecule has 3 nitrogen and oxygen atoms in total. The molecule has 1 fully saturated rings.